The van der Waals surface area contributed by atoms with Crippen molar-refractivity contribution < 1.29 is 38.6 Å². The van der Waals surface area contributed by atoms with E-state index in [1.54, 1.807) is 56.0 Å². The maximum Gasteiger partial charge on any atom is 0.335 e. The predicted molar refractivity (Wildman–Crippen MR) is 185 cm³/mol. The average Bonchev–Trinajstić information content (AvgIpc) is 3.38. The van der Waals surface area contributed by atoms with Gasteiger partial charge in [-0.25, -0.2) is 9.59 Å². The number of ether oxygens (including phenoxy) is 2. The molecule has 0 saturated carbocycles. The van der Waals surface area contributed by atoms with Crippen molar-refractivity contribution in [3.05, 3.63) is 70.6 Å². The highest BCUT2D eigenvalue weighted by molar-refractivity contribution is 6.03. The fourth-order valence-corrected chi connectivity index (χ4v) is 5.84. The first kappa shape index (κ1) is 37.4. The number of carboxylic acids is 1. The van der Waals surface area contributed by atoms with Gasteiger partial charge in [-0.2, -0.15) is 0 Å². The topological polar surface area (TPSA) is 167 Å². The van der Waals surface area contributed by atoms with E-state index in [2.05, 4.69) is 20.7 Å². The molecule has 13 heteroatoms. The number of hydrogen-bond acceptors (Lipinski definition) is 9. The van der Waals surface area contributed by atoms with Crippen LogP contribution in [0.25, 0.3) is 0 Å². The maximum atomic E-state index is 14.4. The molecule has 4 atom stereocenters. The summed E-state index contributed by atoms with van der Waals surface area (Å²) < 4.78 is 17.9. The fourth-order valence-electron chi connectivity index (χ4n) is 5.84. The molecule has 0 saturated heterocycles. The molecule has 4 N–H and O–H groups in total. The first-order chi connectivity index (χ1) is 23.4. The monoisotopic (exact) mass is 679 g/mol. The second-order valence-electron chi connectivity index (χ2n) is 13.0. The van der Waals surface area contributed by atoms with Gasteiger partial charge in [0, 0.05) is 37.8 Å². The number of aromatic nitrogens is 1. The molecule has 2 aromatic carbocycles. The van der Waals surface area contributed by atoms with Gasteiger partial charge in [-0.1, -0.05) is 24.2 Å². The lowest BCUT2D eigenvalue weighted by atomic mass is 10.0. The van der Waals surface area contributed by atoms with Crippen LogP contribution in [0.15, 0.2) is 47.0 Å². The van der Waals surface area contributed by atoms with Crippen LogP contribution in [-0.2, 0) is 11.3 Å². The Bertz CT molecular complexity index is 1560. The number of amides is 3. The van der Waals surface area contributed by atoms with Crippen molar-refractivity contribution in [2.75, 3.05) is 44.0 Å². The van der Waals surface area contributed by atoms with Crippen LogP contribution < -0.4 is 15.4 Å². The van der Waals surface area contributed by atoms with E-state index in [1.165, 1.54) is 0 Å². The molecule has 1 aromatic heterocycles. The van der Waals surface area contributed by atoms with Crippen molar-refractivity contribution in [3.63, 3.8) is 0 Å². The zero-order chi connectivity index (χ0) is 35.7. The Morgan fingerprint density at radius 1 is 1.10 bits per heavy atom. The molecule has 0 fully saturated rings. The molecule has 3 aromatic rings. The number of aliphatic hydroxyl groups is 1. The summed E-state index contributed by atoms with van der Waals surface area (Å²) in [5, 5.41) is 28.9. The molecule has 4 rings (SSSR count). The lowest BCUT2D eigenvalue weighted by Crippen LogP contribution is -2.47. The normalized spacial score (nSPS) is 19.8. The number of fused-ring (bicyclic) bond motifs is 1. The molecule has 0 radical (unpaired) electrons. The van der Waals surface area contributed by atoms with Crippen molar-refractivity contribution >= 4 is 29.3 Å². The number of nitrogens with one attached hydrogen (secondary N) is 2. The minimum absolute atomic E-state index is 0.122. The maximum absolute atomic E-state index is 14.4. The molecule has 1 aliphatic heterocycles. The zero-order valence-electron chi connectivity index (χ0n) is 29.2. The summed E-state index contributed by atoms with van der Waals surface area (Å²) in [6.45, 7) is 11.0. The number of hydrogen-bond donors (Lipinski definition) is 4. The van der Waals surface area contributed by atoms with Gasteiger partial charge in [0.05, 0.1) is 36.0 Å². The van der Waals surface area contributed by atoms with Gasteiger partial charge < -0.3 is 39.7 Å². The third-order valence-electron chi connectivity index (χ3n) is 8.73. The second-order valence-corrected chi connectivity index (χ2v) is 13.0. The Hall–Kier alpha value is -4.46. The van der Waals surface area contributed by atoms with E-state index in [4.69, 9.17) is 14.0 Å². The van der Waals surface area contributed by atoms with Gasteiger partial charge in [-0.05, 0) is 89.9 Å². The Balaban J connectivity index is 1.58. The summed E-state index contributed by atoms with van der Waals surface area (Å²) >= 11 is 0. The van der Waals surface area contributed by atoms with E-state index in [0.717, 1.165) is 24.8 Å². The quantitative estimate of drug-likeness (QED) is 0.225. The number of rotatable bonds is 9. The highest BCUT2D eigenvalue weighted by Gasteiger charge is 2.30. The van der Waals surface area contributed by atoms with Crippen LogP contribution in [0.3, 0.4) is 0 Å². The predicted octanol–water partition coefficient (Wildman–Crippen LogP) is 5.56. The third kappa shape index (κ3) is 10.3. The lowest BCUT2D eigenvalue weighted by Gasteiger charge is -2.36. The lowest BCUT2D eigenvalue weighted by molar-refractivity contribution is -0.0177. The van der Waals surface area contributed by atoms with Gasteiger partial charge >= 0.3 is 12.0 Å². The van der Waals surface area contributed by atoms with Crippen molar-refractivity contribution in [3.8, 4) is 5.75 Å². The minimum Gasteiger partial charge on any atom is -0.490 e. The van der Waals surface area contributed by atoms with E-state index in [9.17, 15) is 24.6 Å². The molecule has 1 aliphatic rings. The zero-order valence-corrected chi connectivity index (χ0v) is 29.2. The molecule has 0 spiro atoms. The number of carbonyl (C=O) groups excluding carboxylic acids is 2. The molecule has 3 amide bonds. The van der Waals surface area contributed by atoms with Crippen molar-refractivity contribution in [1.82, 2.24) is 15.0 Å². The van der Waals surface area contributed by atoms with Crippen LogP contribution >= 0.6 is 0 Å². The van der Waals surface area contributed by atoms with Gasteiger partial charge in [0.15, 0.2) is 5.76 Å². The largest absolute Gasteiger partial charge is 0.490 e. The Labute approximate surface area is 287 Å². The average molecular weight is 680 g/mol. The summed E-state index contributed by atoms with van der Waals surface area (Å²) in [7, 11) is 1.98. The van der Waals surface area contributed by atoms with Crippen molar-refractivity contribution in [2.45, 2.75) is 78.7 Å². The minimum atomic E-state index is -0.965. The molecular formula is C36H49N5O8. The Morgan fingerprint density at radius 3 is 2.49 bits per heavy atom. The van der Waals surface area contributed by atoms with E-state index < -0.39 is 18.0 Å². The molecule has 0 bridgehead atoms. The number of benzene rings is 2. The second kappa shape index (κ2) is 17.3. The Kier molecular flexibility index (Phi) is 13.2. The number of aryl methyl sites for hydroxylation is 2. The molecule has 49 heavy (non-hydrogen) atoms. The van der Waals surface area contributed by atoms with Crippen molar-refractivity contribution in [2.24, 2.45) is 5.92 Å². The first-order valence-corrected chi connectivity index (χ1v) is 16.7. The summed E-state index contributed by atoms with van der Waals surface area (Å²) in [6, 6.07) is 10.8. The van der Waals surface area contributed by atoms with E-state index in [-0.39, 0.29) is 41.8 Å². The number of anilines is 2. The molecular weight excluding hydrogens is 630 g/mol. The van der Waals surface area contributed by atoms with E-state index in [1.807, 2.05) is 33.0 Å². The number of urea groups is 1. The molecule has 2 heterocycles. The van der Waals surface area contributed by atoms with Gasteiger partial charge in [-0.3, -0.25) is 9.69 Å². The van der Waals surface area contributed by atoms with Gasteiger partial charge in [0.1, 0.15) is 17.1 Å². The number of carbonyl (C=O) groups is 3. The summed E-state index contributed by atoms with van der Waals surface area (Å²) in [5.41, 5.74) is 2.88. The molecule has 0 unspecified atom stereocenters. The van der Waals surface area contributed by atoms with Crippen LogP contribution in [0.4, 0.5) is 16.2 Å². The van der Waals surface area contributed by atoms with Crippen LogP contribution in [-0.4, -0.2) is 94.7 Å². The smallest absolute Gasteiger partial charge is 0.335 e. The number of aromatic carboxylic acids is 1. The van der Waals surface area contributed by atoms with Crippen LogP contribution in [0.1, 0.15) is 77.8 Å². The van der Waals surface area contributed by atoms with Gasteiger partial charge in [-0.15, -0.1) is 0 Å². The highest BCUT2D eigenvalue weighted by Crippen LogP contribution is 2.29. The van der Waals surface area contributed by atoms with Crippen molar-refractivity contribution in [1.29, 1.82) is 0 Å². The van der Waals surface area contributed by atoms with E-state index in [0.29, 0.717) is 54.8 Å². The SMILES string of the molecule is Cc1noc(C)c1NC(=O)Nc1ccc2c(c1)C(=O)N([C@H](C)CO)C[C@H](C)[C@H](CN(C)Cc1ccc(C(=O)O)cc1)OCCCC[C@@H](C)O2. The standard InChI is InChI=1S/C36H49N5O8/c1-22-18-41(23(2)21-42)34(43)30-17-29(37-36(46)38-33-25(4)39-49-26(33)5)14-15-31(30)48-24(3)9-7-8-16-47-32(22)20-40(6)19-27-10-12-28(13-11-27)35(44)45/h10-15,17,22-24,32,42H,7-9,16,18-21H2,1-6H3,(H,44,45)(H2,37,38,46)/t22-,23+,24+,32-/m0/s1. The molecule has 0 aliphatic carbocycles. The number of carboxylic acid groups (broad SMARTS) is 1. The molecule has 13 nitrogen and oxygen atoms in total. The number of aliphatic hydroxyl groups excluding tert-OH is 1. The van der Waals surface area contributed by atoms with Crippen LogP contribution in [0, 0.1) is 19.8 Å². The van der Waals surface area contributed by atoms with Crippen LogP contribution in [0.2, 0.25) is 0 Å². The highest BCUT2D eigenvalue weighted by atomic mass is 16.5. The third-order valence-corrected chi connectivity index (χ3v) is 8.73. The fraction of sp³-hybridized carbons (Fsp3) is 0.500. The molecule has 266 valence electrons. The van der Waals surface area contributed by atoms with E-state index >= 15 is 0 Å². The number of nitrogens with zero attached hydrogens (tertiary/aromatic N) is 3. The van der Waals surface area contributed by atoms with Crippen LogP contribution in [0.5, 0.6) is 5.75 Å². The van der Waals surface area contributed by atoms with Gasteiger partial charge in [0.2, 0.25) is 0 Å². The first-order valence-electron chi connectivity index (χ1n) is 16.7. The summed E-state index contributed by atoms with van der Waals surface area (Å²) in [4.78, 5) is 42.3. The number of likely N-dealkylation sites (N-methyl/N-ethyl adjacent to an activating group) is 1. The van der Waals surface area contributed by atoms with Gasteiger partial charge in [0.25, 0.3) is 5.91 Å². The Morgan fingerprint density at radius 2 is 1.84 bits per heavy atom. The summed E-state index contributed by atoms with van der Waals surface area (Å²) in [5.74, 6) is -0.556. The summed E-state index contributed by atoms with van der Waals surface area (Å²) in [6.07, 6.45) is 2.03.